The molecule has 0 spiro atoms. The topological polar surface area (TPSA) is 29.5 Å². The summed E-state index contributed by atoms with van der Waals surface area (Å²) in [5.74, 6) is 7.61. The van der Waals surface area contributed by atoms with Crippen LogP contribution in [0.3, 0.4) is 0 Å². The Balaban J connectivity index is 2.57. The van der Waals surface area contributed by atoms with Gasteiger partial charge in [-0.05, 0) is 43.0 Å². The van der Waals surface area contributed by atoms with E-state index in [0.717, 1.165) is 23.5 Å². The van der Waals surface area contributed by atoms with E-state index < -0.39 is 0 Å². The Hall–Kier alpha value is -1.46. The van der Waals surface area contributed by atoms with Crippen LogP contribution in [-0.2, 0) is 0 Å². The molecule has 2 nitrogen and oxygen atoms in total. The SMILES string of the molecule is CCCCC(CC)COc1ccc(C#CCCO)c(C)c1. The molecule has 0 amide bonds. The quantitative estimate of drug-likeness (QED) is 0.722. The average molecular weight is 288 g/mol. The molecule has 0 aliphatic heterocycles. The van der Waals surface area contributed by atoms with E-state index >= 15 is 0 Å². The van der Waals surface area contributed by atoms with Gasteiger partial charge < -0.3 is 9.84 Å². The number of aliphatic hydroxyl groups is 1. The summed E-state index contributed by atoms with van der Waals surface area (Å²) in [6.45, 7) is 7.42. The Morgan fingerprint density at radius 3 is 2.71 bits per heavy atom. The molecule has 1 N–H and O–H groups in total. The van der Waals surface area contributed by atoms with Crippen molar-refractivity contribution >= 4 is 0 Å². The maximum Gasteiger partial charge on any atom is 0.119 e. The first-order valence-electron chi connectivity index (χ1n) is 8.04. The molecule has 0 aromatic heterocycles. The van der Waals surface area contributed by atoms with E-state index in [0.29, 0.717) is 12.3 Å². The van der Waals surface area contributed by atoms with Crippen molar-refractivity contribution in [2.75, 3.05) is 13.2 Å². The molecule has 1 atom stereocenters. The Labute approximate surface area is 129 Å². The van der Waals surface area contributed by atoms with Crippen molar-refractivity contribution in [2.45, 2.75) is 52.9 Å². The summed E-state index contributed by atoms with van der Waals surface area (Å²) in [5, 5.41) is 8.74. The monoisotopic (exact) mass is 288 g/mol. The van der Waals surface area contributed by atoms with Gasteiger partial charge in [-0.15, -0.1) is 0 Å². The van der Waals surface area contributed by atoms with Crippen LogP contribution < -0.4 is 4.74 Å². The number of unbranched alkanes of at least 4 members (excludes halogenated alkanes) is 1. The van der Waals surface area contributed by atoms with Gasteiger partial charge >= 0.3 is 0 Å². The first-order valence-corrected chi connectivity index (χ1v) is 8.04. The molecule has 0 aliphatic rings. The standard InChI is InChI=1S/C19H28O2/c1-4-6-9-17(5-2)15-21-19-12-11-18(16(3)14-19)10-7-8-13-20/h11-12,14,17,20H,4-6,8-9,13,15H2,1-3H3. The van der Waals surface area contributed by atoms with Crippen molar-refractivity contribution in [3.63, 3.8) is 0 Å². The lowest BCUT2D eigenvalue weighted by atomic mass is 10.0. The first kappa shape index (κ1) is 17.6. The summed E-state index contributed by atoms with van der Waals surface area (Å²) < 4.78 is 5.93. The maximum atomic E-state index is 8.74. The molecule has 0 fully saturated rings. The lowest BCUT2D eigenvalue weighted by molar-refractivity contribution is 0.233. The van der Waals surface area contributed by atoms with Gasteiger partial charge in [0.1, 0.15) is 5.75 Å². The zero-order valence-electron chi connectivity index (χ0n) is 13.6. The fraction of sp³-hybridized carbons (Fsp3) is 0.579. The van der Waals surface area contributed by atoms with Gasteiger partial charge in [-0.1, -0.05) is 45.0 Å². The van der Waals surface area contributed by atoms with E-state index in [1.54, 1.807) is 0 Å². The molecular formula is C19H28O2. The minimum absolute atomic E-state index is 0.114. The van der Waals surface area contributed by atoms with E-state index in [1.165, 1.54) is 25.7 Å². The zero-order valence-corrected chi connectivity index (χ0v) is 13.6. The fourth-order valence-electron chi connectivity index (χ4n) is 2.19. The number of aliphatic hydroxyl groups excluding tert-OH is 1. The Kier molecular flexibility index (Phi) is 8.62. The van der Waals surface area contributed by atoms with Gasteiger partial charge in [0.25, 0.3) is 0 Å². The minimum atomic E-state index is 0.114. The number of hydrogen-bond acceptors (Lipinski definition) is 2. The van der Waals surface area contributed by atoms with Crippen LogP contribution in [0.4, 0.5) is 0 Å². The van der Waals surface area contributed by atoms with Crippen LogP contribution >= 0.6 is 0 Å². The maximum absolute atomic E-state index is 8.74. The molecule has 0 heterocycles. The van der Waals surface area contributed by atoms with Crippen LogP contribution in [0.15, 0.2) is 18.2 Å². The van der Waals surface area contributed by atoms with Gasteiger partial charge in [-0.25, -0.2) is 0 Å². The van der Waals surface area contributed by atoms with Gasteiger partial charge in [-0.2, -0.15) is 0 Å². The normalized spacial score (nSPS) is 11.6. The van der Waals surface area contributed by atoms with Crippen molar-refractivity contribution < 1.29 is 9.84 Å². The Morgan fingerprint density at radius 2 is 2.10 bits per heavy atom. The summed E-state index contributed by atoms with van der Waals surface area (Å²) in [5.41, 5.74) is 2.13. The van der Waals surface area contributed by atoms with Crippen LogP contribution in [0.25, 0.3) is 0 Å². The molecule has 0 bridgehead atoms. The fourth-order valence-corrected chi connectivity index (χ4v) is 2.19. The second-order valence-electron chi connectivity index (χ2n) is 5.48. The number of ether oxygens (including phenoxy) is 1. The van der Waals surface area contributed by atoms with Crippen LogP contribution in [-0.4, -0.2) is 18.3 Å². The van der Waals surface area contributed by atoms with Crippen LogP contribution in [0.2, 0.25) is 0 Å². The Morgan fingerprint density at radius 1 is 1.29 bits per heavy atom. The number of rotatable bonds is 8. The molecular weight excluding hydrogens is 260 g/mol. The Bertz CT molecular complexity index is 468. The first-order chi connectivity index (χ1) is 10.2. The molecule has 1 aromatic rings. The van der Waals surface area contributed by atoms with E-state index in [1.807, 2.05) is 19.1 Å². The summed E-state index contributed by atoms with van der Waals surface area (Å²) in [7, 11) is 0. The third-order valence-electron chi connectivity index (χ3n) is 3.69. The van der Waals surface area contributed by atoms with E-state index in [2.05, 4.69) is 31.8 Å². The highest BCUT2D eigenvalue weighted by molar-refractivity contribution is 5.44. The van der Waals surface area contributed by atoms with Crippen LogP contribution in [0.5, 0.6) is 5.75 Å². The lowest BCUT2D eigenvalue weighted by Gasteiger charge is -2.16. The highest BCUT2D eigenvalue weighted by Crippen LogP contribution is 2.19. The molecule has 1 unspecified atom stereocenters. The molecule has 0 aliphatic carbocycles. The summed E-state index contributed by atoms with van der Waals surface area (Å²) in [6, 6.07) is 6.04. The lowest BCUT2D eigenvalue weighted by Crippen LogP contribution is -2.11. The van der Waals surface area contributed by atoms with Crippen molar-refractivity contribution in [3.8, 4) is 17.6 Å². The summed E-state index contributed by atoms with van der Waals surface area (Å²) in [6.07, 6.45) is 5.46. The summed E-state index contributed by atoms with van der Waals surface area (Å²) >= 11 is 0. The average Bonchev–Trinajstić information content (AvgIpc) is 2.49. The molecule has 0 saturated heterocycles. The van der Waals surface area contributed by atoms with Gasteiger partial charge in [0.15, 0.2) is 0 Å². The smallest absolute Gasteiger partial charge is 0.119 e. The van der Waals surface area contributed by atoms with Crippen molar-refractivity contribution in [1.29, 1.82) is 0 Å². The predicted molar refractivity (Wildman–Crippen MR) is 88.6 cm³/mol. The second kappa shape index (κ2) is 10.3. The molecule has 2 heteroatoms. The van der Waals surface area contributed by atoms with Gasteiger partial charge in [0, 0.05) is 12.0 Å². The van der Waals surface area contributed by atoms with Crippen molar-refractivity contribution in [2.24, 2.45) is 5.92 Å². The number of benzene rings is 1. The third-order valence-corrected chi connectivity index (χ3v) is 3.69. The summed E-state index contributed by atoms with van der Waals surface area (Å²) in [4.78, 5) is 0. The third kappa shape index (κ3) is 6.69. The second-order valence-corrected chi connectivity index (χ2v) is 5.48. The van der Waals surface area contributed by atoms with Crippen molar-refractivity contribution in [3.05, 3.63) is 29.3 Å². The van der Waals surface area contributed by atoms with E-state index in [9.17, 15) is 0 Å². The largest absolute Gasteiger partial charge is 0.493 e. The number of aryl methyl sites for hydroxylation is 1. The molecule has 116 valence electrons. The van der Waals surface area contributed by atoms with E-state index in [4.69, 9.17) is 9.84 Å². The van der Waals surface area contributed by atoms with E-state index in [-0.39, 0.29) is 6.61 Å². The van der Waals surface area contributed by atoms with Crippen molar-refractivity contribution in [1.82, 2.24) is 0 Å². The van der Waals surface area contributed by atoms with Crippen LogP contribution in [0, 0.1) is 24.7 Å². The predicted octanol–water partition coefficient (Wildman–Crippen LogP) is 4.32. The van der Waals surface area contributed by atoms with Gasteiger partial charge in [0.2, 0.25) is 0 Å². The van der Waals surface area contributed by atoms with Gasteiger partial charge in [-0.3, -0.25) is 0 Å². The van der Waals surface area contributed by atoms with Crippen LogP contribution in [0.1, 0.15) is 57.1 Å². The van der Waals surface area contributed by atoms with Gasteiger partial charge in [0.05, 0.1) is 13.2 Å². The molecule has 0 radical (unpaired) electrons. The zero-order chi connectivity index (χ0) is 15.5. The number of hydrogen-bond donors (Lipinski definition) is 1. The molecule has 1 aromatic carbocycles. The molecule has 1 rings (SSSR count). The minimum Gasteiger partial charge on any atom is -0.493 e. The highest BCUT2D eigenvalue weighted by atomic mass is 16.5. The molecule has 0 saturated carbocycles. The highest BCUT2D eigenvalue weighted by Gasteiger charge is 2.07. The molecule has 21 heavy (non-hydrogen) atoms.